The minimum atomic E-state index is 1.04. The van der Waals surface area contributed by atoms with Crippen LogP contribution in [0.25, 0.3) is 11.3 Å². The summed E-state index contributed by atoms with van der Waals surface area (Å²) in [5.41, 5.74) is 4.80. The lowest BCUT2D eigenvalue weighted by atomic mass is 9.85. The number of pyridine rings is 1. The fraction of sp³-hybridized carbons (Fsp3) is 0. The van der Waals surface area contributed by atoms with Gasteiger partial charge < -0.3 is 0 Å². The molecule has 1 heterocycles. The molecule has 0 fully saturated rings. The van der Waals surface area contributed by atoms with Gasteiger partial charge in [0.15, 0.2) is 0 Å². The molecule has 1 aromatic carbocycles. The van der Waals surface area contributed by atoms with Crippen molar-refractivity contribution in [2.75, 3.05) is 0 Å². The highest BCUT2D eigenvalue weighted by atomic mass is 14.7. The quantitative estimate of drug-likeness (QED) is 0.525. The van der Waals surface area contributed by atoms with Crippen LogP contribution in [0, 0.1) is 0 Å². The molecular weight excluding hydrogens is 168 g/mol. The molecule has 0 saturated heterocycles. The molecule has 0 N–H and O–H groups in total. The monoisotopic (exact) mass is 179 g/mol. The van der Waals surface area contributed by atoms with Crippen molar-refractivity contribution in [3.8, 4) is 11.3 Å². The van der Waals surface area contributed by atoms with Crippen molar-refractivity contribution in [3.63, 3.8) is 0 Å². The summed E-state index contributed by atoms with van der Waals surface area (Å²) in [4.78, 5) is 4.33. The number of aromatic nitrogens is 1. The van der Waals surface area contributed by atoms with Crippen LogP contribution >= 0.6 is 0 Å². The van der Waals surface area contributed by atoms with Crippen molar-refractivity contribution < 1.29 is 0 Å². The van der Waals surface area contributed by atoms with E-state index in [1.807, 2.05) is 24.4 Å². The van der Waals surface area contributed by atoms with Gasteiger partial charge in [-0.2, -0.15) is 0 Å². The van der Waals surface area contributed by atoms with Crippen molar-refractivity contribution in [2.24, 2.45) is 0 Å². The summed E-state index contributed by atoms with van der Waals surface area (Å²) in [6.45, 7) is 0. The maximum absolute atomic E-state index is 4.33. The van der Waals surface area contributed by atoms with Gasteiger partial charge in [-0.25, -0.2) is 0 Å². The highest BCUT2D eigenvalue weighted by Crippen LogP contribution is 2.12. The molecule has 0 radical (unpaired) electrons. The molecule has 0 aliphatic heterocycles. The first kappa shape index (κ1) is 9.07. The van der Waals surface area contributed by atoms with Gasteiger partial charge in [-0.1, -0.05) is 35.2 Å². The standard InChI is InChI=1S/C11H11B2N/c12-9-5-8(6-10(13)7-9)11-3-1-2-4-14-11/h1-7H,12-13H2. The van der Waals surface area contributed by atoms with Crippen molar-refractivity contribution in [1.82, 2.24) is 4.98 Å². The van der Waals surface area contributed by atoms with Gasteiger partial charge in [-0.05, 0) is 17.7 Å². The SMILES string of the molecule is Bc1cc(B)cc(-c2ccccn2)c1. The van der Waals surface area contributed by atoms with E-state index in [0.29, 0.717) is 0 Å². The first-order valence-electron chi connectivity index (χ1n) is 4.75. The fourth-order valence-corrected chi connectivity index (χ4v) is 1.66. The average molecular weight is 179 g/mol. The molecule has 2 rings (SSSR count). The Labute approximate surface area is 86.0 Å². The third-order valence-corrected chi connectivity index (χ3v) is 2.18. The highest BCUT2D eigenvalue weighted by Gasteiger charge is 1.98. The van der Waals surface area contributed by atoms with Crippen LogP contribution in [0.3, 0.4) is 0 Å². The molecule has 0 atom stereocenters. The van der Waals surface area contributed by atoms with Gasteiger partial charge in [-0.15, -0.1) is 0 Å². The van der Waals surface area contributed by atoms with Gasteiger partial charge >= 0.3 is 0 Å². The normalized spacial score (nSPS) is 10.0. The van der Waals surface area contributed by atoms with Crippen LogP contribution in [0.4, 0.5) is 0 Å². The first-order valence-corrected chi connectivity index (χ1v) is 4.75. The van der Waals surface area contributed by atoms with Crippen molar-refractivity contribution >= 4 is 26.6 Å². The molecule has 0 aliphatic carbocycles. The van der Waals surface area contributed by atoms with E-state index in [1.54, 1.807) is 0 Å². The van der Waals surface area contributed by atoms with Crippen molar-refractivity contribution in [3.05, 3.63) is 42.6 Å². The van der Waals surface area contributed by atoms with Gasteiger partial charge in [0.1, 0.15) is 15.7 Å². The number of nitrogens with zero attached hydrogens (tertiary/aromatic N) is 1. The number of hydrogen-bond donors (Lipinski definition) is 0. The Hall–Kier alpha value is -1.50. The molecule has 14 heavy (non-hydrogen) atoms. The van der Waals surface area contributed by atoms with E-state index in [4.69, 9.17) is 0 Å². The summed E-state index contributed by atoms with van der Waals surface area (Å²) in [6.07, 6.45) is 1.83. The third kappa shape index (κ3) is 1.87. The predicted octanol–water partition coefficient (Wildman–Crippen LogP) is -0.735. The van der Waals surface area contributed by atoms with Crippen molar-refractivity contribution in [1.29, 1.82) is 0 Å². The fourth-order valence-electron chi connectivity index (χ4n) is 1.66. The van der Waals surface area contributed by atoms with Gasteiger partial charge in [-0.3, -0.25) is 4.98 Å². The van der Waals surface area contributed by atoms with Crippen LogP contribution in [-0.2, 0) is 0 Å². The van der Waals surface area contributed by atoms with Gasteiger partial charge in [0.25, 0.3) is 0 Å². The molecule has 0 unspecified atom stereocenters. The lowest BCUT2D eigenvalue weighted by Gasteiger charge is -2.03. The minimum Gasteiger partial charge on any atom is -0.256 e. The van der Waals surface area contributed by atoms with E-state index < -0.39 is 0 Å². The second-order valence-corrected chi connectivity index (χ2v) is 3.59. The zero-order valence-electron chi connectivity index (χ0n) is 8.49. The average Bonchev–Trinajstić information content (AvgIpc) is 2.18. The molecule has 1 nitrogen and oxygen atoms in total. The Morgan fingerprint density at radius 3 is 2.21 bits per heavy atom. The lowest BCUT2D eigenvalue weighted by molar-refractivity contribution is 1.33. The zero-order chi connectivity index (χ0) is 9.97. The van der Waals surface area contributed by atoms with E-state index in [0.717, 1.165) is 5.69 Å². The summed E-state index contributed by atoms with van der Waals surface area (Å²) >= 11 is 0. The van der Waals surface area contributed by atoms with E-state index in [-0.39, 0.29) is 0 Å². The third-order valence-electron chi connectivity index (χ3n) is 2.18. The Kier molecular flexibility index (Phi) is 2.40. The van der Waals surface area contributed by atoms with Crippen LogP contribution < -0.4 is 10.9 Å². The highest BCUT2D eigenvalue weighted by molar-refractivity contribution is 6.38. The lowest BCUT2D eigenvalue weighted by Crippen LogP contribution is -2.13. The van der Waals surface area contributed by atoms with E-state index >= 15 is 0 Å². The smallest absolute Gasteiger partial charge is 0.139 e. The summed E-state index contributed by atoms with van der Waals surface area (Å²) in [5, 5.41) is 0. The van der Waals surface area contributed by atoms with E-state index in [1.165, 1.54) is 16.5 Å². The summed E-state index contributed by atoms with van der Waals surface area (Å²) in [6, 6.07) is 12.5. The van der Waals surface area contributed by atoms with Gasteiger partial charge in [0.2, 0.25) is 0 Å². The molecule has 0 saturated carbocycles. The Bertz CT molecular complexity index is 420. The maximum atomic E-state index is 4.33. The second kappa shape index (κ2) is 3.70. The molecular formula is C11H11B2N. The first-order chi connectivity index (χ1) is 6.75. The summed E-state index contributed by atoms with van der Waals surface area (Å²) in [5.74, 6) is 0. The number of hydrogen-bond acceptors (Lipinski definition) is 1. The molecule has 0 aliphatic rings. The molecule has 66 valence electrons. The van der Waals surface area contributed by atoms with Crippen LogP contribution in [0.5, 0.6) is 0 Å². The maximum Gasteiger partial charge on any atom is 0.139 e. The summed E-state index contributed by atoms with van der Waals surface area (Å²) in [7, 11) is 4.22. The number of benzene rings is 1. The summed E-state index contributed by atoms with van der Waals surface area (Å²) < 4.78 is 0. The predicted molar refractivity (Wildman–Crippen MR) is 66.0 cm³/mol. The molecule has 1 aromatic heterocycles. The van der Waals surface area contributed by atoms with Gasteiger partial charge in [0, 0.05) is 6.20 Å². The minimum absolute atomic E-state index is 1.04. The molecule has 0 amide bonds. The van der Waals surface area contributed by atoms with Crippen LogP contribution in [0.15, 0.2) is 42.6 Å². The van der Waals surface area contributed by atoms with Crippen molar-refractivity contribution in [2.45, 2.75) is 0 Å². The zero-order valence-corrected chi connectivity index (χ0v) is 8.49. The topological polar surface area (TPSA) is 12.9 Å². The van der Waals surface area contributed by atoms with E-state index in [2.05, 4.69) is 38.9 Å². The molecule has 0 spiro atoms. The number of rotatable bonds is 1. The Morgan fingerprint density at radius 1 is 0.929 bits per heavy atom. The second-order valence-electron chi connectivity index (χ2n) is 3.59. The van der Waals surface area contributed by atoms with Crippen LogP contribution in [0.2, 0.25) is 0 Å². The van der Waals surface area contributed by atoms with Gasteiger partial charge in [0.05, 0.1) is 5.69 Å². The van der Waals surface area contributed by atoms with Crippen LogP contribution in [-0.4, -0.2) is 20.7 Å². The largest absolute Gasteiger partial charge is 0.256 e. The Morgan fingerprint density at radius 2 is 1.64 bits per heavy atom. The van der Waals surface area contributed by atoms with E-state index in [9.17, 15) is 0 Å². The Balaban J connectivity index is 2.52. The molecule has 0 bridgehead atoms. The molecule has 2 aromatic rings. The molecule has 3 heteroatoms. The van der Waals surface area contributed by atoms with Crippen LogP contribution in [0.1, 0.15) is 0 Å².